The van der Waals surface area contributed by atoms with Crippen LogP contribution >= 0.6 is 11.3 Å². The van der Waals surface area contributed by atoms with Crippen LogP contribution in [0, 0.1) is 6.92 Å². The Labute approximate surface area is 180 Å². The van der Waals surface area contributed by atoms with Gasteiger partial charge in [0.15, 0.2) is 10.8 Å². The highest BCUT2D eigenvalue weighted by Crippen LogP contribution is 2.27. The molecule has 0 saturated heterocycles. The summed E-state index contributed by atoms with van der Waals surface area (Å²) in [5.41, 5.74) is 3.16. The van der Waals surface area contributed by atoms with Crippen molar-refractivity contribution in [3.63, 3.8) is 0 Å². The number of aryl methyl sites for hydroxylation is 1. The van der Waals surface area contributed by atoms with Gasteiger partial charge in [0.25, 0.3) is 5.91 Å². The lowest BCUT2D eigenvalue weighted by molar-refractivity contribution is 0.102. The summed E-state index contributed by atoms with van der Waals surface area (Å²) in [5, 5.41) is 20.0. The van der Waals surface area contributed by atoms with Gasteiger partial charge in [0, 0.05) is 16.7 Å². The van der Waals surface area contributed by atoms with Crippen LogP contribution in [0.1, 0.15) is 15.9 Å². The average Bonchev–Trinajstić information content (AvgIpc) is 3.55. The predicted octanol–water partition coefficient (Wildman–Crippen LogP) is 5.08. The van der Waals surface area contributed by atoms with Crippen molar-refractivity contribution in [1.82, 2.24) is 20.4 Å². The molecule has 0 radical (unpaired) electrons. The molecule has 5 aromatic rings. The number of nitrogens with zero attached hydrogens (tertiary/aromatic N) is 4. The topological polar surface area (TPSA) is 107 Å². The minimum absolute atomic E-state index is 0.292. The summed E-state index contributed by atoms with van der Waals surface area (Å²) in [7, 11) is 0. The molecule has 0 bridgehead atoms. The molecule has 0 aliphatic carbocycles. The van der Waals surface area contributed by atoms with E-state index in [0.29, 0.717) is 33.2 Å². The molecule has 9 heteroatoms. The van der Waals surface area contributed by atoms with E-state index in [2.05, 4.69) is 25.7 Å². The van der Waals surface area contributed by atoms with Gasteiger partial charge in [-0.1, -0.05) is 29.0 Å². The Morgan fingerprint density at radius 1 is 0.903 bits per heavy atom. The van der Waals surface area contributed by atoms with Crippen LogP contribution in [0.4, 0.5) is 5.13 Å². The van der Waals surface area contributed by atoms with Gasteiger partial charge < -0.3 is 8.83 Å². The van der Waals surface area contributed by atoms with Crippen molar-refractivity contribution in [2.24, 2.45) is 0 Å². The number of carbonyl (C=O) groups excluding carboxylic acids is 1. The zero-order chi connectivity index (χ0) is 21.2. The van der Waals surface area contributed by atoms with Gasteiger partial charge in [-0.25, -0.2) is 0 Å². The van der Waals surface area contributed by atoms with Gasteiger partial charge in [0.2, 0.25) is 16.9 Å². The van der Waals surface area contributed by atoms with Crippen LogP contribution in [-0.2, 0) is 0 Å². The number of furan rings is 1. The fourth-order valence-corrected chi connectivity index (χ4v) is 3.65. The van der Waals surface area contributed by atoms with Gasteiger partial charge in [0.1, 0.15) is 0 Å². The maximum atomic E-state index is 12.5. The molecule has 0 aliphatic rings. The molecule has 2 aromatic carbocycles. The molecule has 3 aromatic heterocycles. The lowest BCUT2D eigenvalue weighted by atomic mass is 10.1. The summed E-state index contributed by atoms with van der Waals surface area (Å²) in [6.07, 6.45) is 1.56. The second-order valence-electron chi connectivity index (χ2n) is 6.70. The van der Waals surface area contributed by atoms with Crippen LogP contribution in [0.15, 0.2) is 75.8 Å². The standard InChI is InChI=1S/C22H15N5O3S/c1-13-4-2-5-16(12-13)20-25-24-19(30-20)15-9-7-14(8-10-15)18(28)23-22-27-26-21(31-22)17-6-3-11-29-17/h2-12H,1H3,(H,23,27,28). The molecular weight excluding hydrogens is 414 g/mol. The van der Waals surface area contributed by atoms with Crippen molar-refractivity contribution >= 4 is 22.4 Å². The molecule has 152 valence electrons. The van der Waals surface area contributed by atoms with E-state index in [4.69, 9.17) is 8.83 Å². The third-order valence-corrected chi connectivity index (χ3v) is 5.31. The summed E-state index contributed by atoms with van der Waals surface area (Å²) in [5.74, 6) is 1.14. The SMILES string of the molecule is Cc1cccc(-c2nnc(-c3ccc(C(=O)Nc4nnc(-c5ccco5)s4)cc3)o2)c1. The summed E-state index contributed by atoms with van der Waals surface area (Å²) in [6, 6.07) is 18.3. The van der Waals surface area contributed by atoms with E-state index in [1.54, 1.807) is 42.7 Å². The molecule has 0 unspecified atom stereocenters. The molecule has 0 spiro atoms. The Kier molecular flexibility index (Phi) is 4.85. The van der Waals surface area contributed by atoms with Gasteiger partial charge in [0.05, 0.1) is 6.26 Å². The lowest BCUT2D eigenvalue weighted by Gasteiger charge is -2.02. The first-order valence-corrected chi connectivity index (χ1v) is 10.2. The van der Waals surface area contributed by atoms with E-state index < -0.39 is 0 Å². The smallest absolute Gasteiger partial charge is 0.257 e. The Bertz CT molecular complexity index is 1340. The van der Waals surface area contributed by atoms with E-state index in [1.807, 2.05) is 31.2 Å². The average molecular weight is 429 g/mol. The van der Waals surface area contributed by atoms with Crippen molar-refractivity contribution in [2.45, 2.75) is 6.92 Å². The molecule has 0 atom stereocenters. The molecule has 1 N–H and O–H groups in total. The van der Waals surface area contributed by atoms with Crippen molar-refractivity contribution < 1.29 is 13.6 Å². The second-order valence-corrected chi connectivity index (χ2v) is 7.68. The van der Waals surface area contributed by atoms with Crippen LogP contribution < -0.4 is 5.32 Å². The van der Waals surface area contributed by atoms with Crippen molar-refractivity contribution in [3.8, 4) is 33.7 Å². The molecule has 31 heavy (non-hydrogen) atoms. The molecule has 0 fully saturated rings. The van der Waals surface area contributed by atoms with Crippen LogP contribution in [0.3, 0.4) is 0 Å². The van der Waals surface area contributed by atoms with E-state index in [-0.39, 0.29) is 5.91 Å². The zero-order valence-electron chi connectivity index (χ0n) is 16.3. The zero-order valence-corrected chi connectivity index (χ0v) is 17.1. The van der Waals surface area contributed by atoms with Crippen molar-refractivity contribution in [2.75, 3.05) is 5.32 Å². The Balaban J connectivity index is 1.29. The molecular formula is C22H15N5O3S. The molecule has 3 heterocycles. The molecule has 5 rings (SSSR count). The predicted molar refractivity (Wildman–Crippen MR) is 115 cm³/mol. The number of benzene rings is 2. The van der Waals surface area contributed by atoms with Gasteiger partial charge in [-0.05, 0) is 55.5 Å². The molecule has 1 amide bonds. The van der Waals surface area contributed by atoms with E-state index in [1.165, 1.54) is 11.3 Å². The highest BCUT2D eigenvalue weighted by molar-refractivity contribution is 7.18. The highest BCUT2D eigenvalue weighted by Gasteiger charge is 2.14. The van der Waals surface area contributed by atoms with Crippen molar-refractivity contribution in [1.29, 1.82) is 0 Å². The quantitative estimate of drug-likeness (QED) is 0.415. The van der Waals surface area contributed by atoms with Gasteiger partial charge in [-0.3, -0.25) is 10.1 Å². The van der Waals surface area contributed by atoms with Crippen molar-refractivity contribution in [3.05, 3.63) is 78.1 Å². The summed E-state index contributed by atoms with van der Waals surface area (Å²) >= 11 is 1.23. The number of nitrogens with one attached hydrogen (secondary N) is 1. The maximum absolute atomic E-state index is 12.5. The van der Waals surface area contributed by atoms with Gasteiger partial charge in [-0.2, -0.15) is 0 Å². The van der Waals surface area contributed by atoms with Gasteiger partial charge >= 0.3 is 0 Å². The minimum atomic E-state index is -0.292. The largest absolute Gasteiger partial charge is 0.462 e. The third kappa shape index (κ3) is 3.99. The fraction of sp³-hybridized carbons (Fsp3) is 0.0455. The third-order valence-electron chi connectivity index (χ3n) is 4.46. The number of carbonyl (C=O) groups is 1. The van der Waals surface area contributed by atoms with Crippen LogP contribution in [0.25, 0.3) is 33.7 Å². The number of aromatic nitrogens is 4. The van der Waals surface area contributed by atoms with E-state index >= 15 is 0 Å². The number of amides is 1. The van der Waals surface area contributed by atoms with E-state index in [0.717, 1.165) is 16.7 Å². The first-order valence-electron chi connectivity index (χ1n) is 9.35. The monoisotopic (exact) mass is 429 g/mol. The molecule has 0 saturated carbocycles. The number of anilines is 1. The highest BCUT2D eigenvalue weighted by atomic mass is 32.1. The Hall–Kier alpha value is -4.11. The van der Waals surface area contributed by atoms with Crippen LogP contribution in [0.2, 0.25) is 0 Å². The first kappa shape index (κ1) is 18.9. The van der Waals surface area contributed by atoms with E-state index in [9.17, 15) is 4.79 Å². The Morgan fingerprint density at radius 3 is 2.45 bits per heavy atom. The summed E-state index contributed by atoms with van der Waals surface area (Å²) < 4.78 is 11.1. The molecule has 8 nitrogen and oxygen atoms in total. The summed E-state index contributed by atoms with van der Waals surface area (Å²) in [6.45, 7) is 2.00. The van der Waals surface area contributed by atoms with Crippen LogP contribution in [0.5, 0.6) is 0 Å². The number of hydrogen-bond acceptors (Lipinski definition) is 8. The summed E-state index contributed by atoms with van der Waals surface area (Å²) in [4.78, 5) is 12.5. The normalized spacial score (nSPS) is 10.9. The molecule has 0 aliphatic heterocycles. The lowest BCUT2D eigenvalue weighted by Crippen LogP contribution is -2.11. The minimum Gasteiger partial charge on any atom is -0.462 e. The Morgan fingerprint density at radius 2 is 1.71 bits per heavy atom. The second kappa shape index (κ2) is 7.96. The van der Waals surface area contributed by atoms with Crippen LogP contribution in [-0.4, -0.2) is 26.3 Å². The first-order chi connectivity index (χ1) is 15.2. The number of rotatable bonds is 5. The van der Waals surface area contributed by atoms with Gasteiger partial charge in [-0.15, -0.1) is 20.4 Å². The maximum Gasteiger partial charge on any atom is 0.257 e. The number of hydrogen-bond donors (Lipinski definition) is 1. The fourth-order valence-electron chi connectivity index (χ4n) is 2.94.